The van der Waals surface area contributed by atoms with E-state index in [4.69, 9.17) is 17.3 Å². The van der Waals surface area contributed by atoms with Crippen LogP contribution in [0.15, 0.2) is 22.2 Å². The number of amides is 2. The van der Waals surface area contributed by atoms with Crippen molar-refractivity contribution in [3.8, 4) is 0 Å². The van der Waals surface area contributed by atoms with Crippen LogP contribution in [0.25, 0.3) is 5.57 Å². The second kappa shape index (κ2) is 9.49. The molecule has 4 heterocycles. The maximum Gasteiger partial charge on any atom is 0.352 e. The van der Waals surface area contributed by atoms with Crippen molar-refractivity contribution in [1.29, 1.82) is 0 Å². The predicted octanol–water partition coefficient (Wildman–Crippen LogP) is 0.964. The monoisotopic (exact) mass is 550 g/mol. The van der Waals surface area contributed by atoms with Crippen molar-refractivity contribution in [2.45, 2.75) is 23.1 Å². The van der Waals surface area contributed by atoms with Crippen LogP contribution in [0.2, 0.25) is 0 Å². The number of β-lactam (4-membered cyclic amide) rings is 1. The minimum Gasteiger partial charge on any atom is -0.477 e. The SMILES string of the molecule is Nc1nc(/C(=C/Cl)C(=O)N[C@@H]2C(=O)N3C(C(=O)O)=C(CSC4CCS(=O)(=O)C4)CS[C@@H]23)cs1. The van der Waals surface area contributed by atoms with Crippen molar-refractivity contribution in [1.82, 2.24) is 15.2 Å². The molecule has 4 rings (SSSR count). The number of carbonyl (C=O) groups is 3. The predicted molar refractivity (Wildman–Crippen MR) is 130 cm³/mol. The first-order valence-electron chi connectivity index (χ1n) is 9.66. The normalized spacial score (nSPS) is 26.7. The molecule has 3 aliphatic rings. The molecule has 3 aliphatic heterocycles. The number of nitrogens with zero attached hydrogens (tertiary/aromatic N) is 2. The van der Waals surface area contributed by atoms with E-state index < -0.39 is 39.0 Å². The number of aliphatic carboxylic acids is 1. The fourth-order valence-corrected chi connectivity index (χ4v) is 9.67. The number of nitrogens with one attached hydrogen (secondary N) is 1. The van der Waals surface area contributed by atoms with Gasteiger partial charge in [0, 0.05) is 27.7 Å². The molecule has 1 unspecified atom stereocenters. The van der Waals surface area contributed by atoms with E-state index in [1.54, 1.807) is 5.38 Å². The zero-order valence-electron chi connectivity index (χ0n) is 16.9. The number of rotatable bonds is 7. The molecule has 0 bridgehead atoms. The molecule has 1 aromatic heterocycles. The van der Waals surface area contributed by atoms with Gasteiger partial charge in [-0.3, -0.25) is 14.5 Å². The molecule has 3 atom stereocenters. The Morgan fingerprint density at radius 2 is 2.21 bits per heavy atom. The number of hydrogen-bond acceptors (Lipinski definition) is 10. The van der Waals surface area contributed by atoms with Gasteiger partial charge in [0.25, 0.3) is 11.8 Å². The Balaban J connectivity index is 1.45. The molecular formula is C18H19ClN4O6S4. The molecule has 10 nitrogen and oxygen atoms in total. The zero-order valence-corrected chi connectivity index (χ0v) is 20.9. The summed E-state index contributed by atoms with van der Waals surface area (Å²) in [5.74, 6) is -1.46. The molecule has 15 heteroatoms. The lowest BCUT2D eigenvalue weighted by Gasteiger charge is -2.49. The van der Waals surface area contributed by atoms with Crippen molar-refractivity contribution >= 4 is 84.8 Å². The Morgan fingerprint density at radius 3 is 2.79 bits per heavy atom. The summed E-state index contributed by atoms with van der Waals surface area (Å²) >= 11 is 9.68. The number of thioether (sulfide) groups is 2. The lowest BCUT2D eigenvalue weighted by atomic mass is 10.0. The third kappa shape index (κ3) is 4.90. The molecule has 0 radical (unpaired) electrons. The van der Waals surface area contributed by atoms with Gasteiger partial charge in [-0.25, -0.2) is 18.2 Å². The Morgan fingerprint density at radius 1 is 1.45 bits per heavy atom. The largest absolute Gasteiger partial charge is 0.477 e. The number of thiazole rings is 1. The quantitative estimate of drug-likeness (QED) is 0.329. The van der Waals surface area contributed by atoms with E-state index in [2.05, 4.69) is 10.3 Å². The van der Waals surface area contributed by atoms with Crippen LogP contribution >= 0.6 is 46.5 Å². The Hall–Kier alpha value is -1.74. The van der Waals surface area contributed by atoms with Gasteiger partial charge in [-0.1, -0.05) is 11.6 Å². The first-order valence-corrected chi connectivity index (χ1v) is 14.9. The lowest BCUT2D eigenvalue weighted by molar-refractivity contribution is -0.150. The van der Waals surface area contributed by atoms with Crippen LogP contribution in [0.1, 0.15) is 12.1 Å². The number of nitrogen functional groups attached to an aromatic ring is 1. The van der Waals surface area contributed by atoms with E-state index in [9.17, 15) is 27.9 Å². The minimum atomic E-state index is -3.03. The molecule has 0 spiro atoms. The molecule has 2 amide bonds. The summed E-state index contributed by atoms with van der Waals surface area (Å²) in [5.41, 5.74) is 7.46. The van der Waals surface area contributed by atoms with E-state index in [0.29, 0.717) is 23.5 Å². The van der Waals surface area contributed by atoms with Crippen molar-refractivity contribution in [2.24, 2.45) is 0 Å². The summed E-state index contributed by atoms with van der Waals surface area (Å²) in [4.78, 5) is 42.7. The molecule has 0 saturated carbocycles. The number of sulfone groups is 1. The standard InChI is InChI=1S/C18H19ClN4O6S4/c19-3-10(11-6-32-18(20)21-11)14(24)22-12-15(25)23-13(17(26)27)8(5-31-16(12)23)4-30-9-1-2-33(28,29)7-9/h3,6,9,12,16H,1-2,4-5,7H2,(H2,20,21)(H,22,24)(H,26,27)/b10-3-/t9?,12-,16+/m1/s1. The number of carboxylic acid groups (broad SMARTS) is 1. The highest BCUT2D eigenvalue weighted by atomic mass is 35.5. The maximum atomic E-state index is 12.8. The van der Waals surface area contributed by atoms with Gasteiger partial charge >= 0.3 is 5.97 Å². The highest BCUT2D eigenvalue weighted by Gasteiger charge is 2.54. The van der Waals surface area contributed by atoms with Crippen molar-refractivity contribution in [3.63, 3.8) is 0 Å². The fraction of sp³-hybridized carbons (Fsp3) is 0.444. The zero-order chi connectivity index (χ0) is 23.9. The third-order valence-electron chi connectivity index (χ3n) is 5.37. The number of carbonyl (C=O) groups excluding carboxylic acids is 2. The average molecular weight is 551 g/mol. The van der Waals surface area contributed by atoms with Crippen LogP contribution in [0, 0.1) is 0 Å². The minimum absolute atomic E-state index is 0.0503. The molecule has 33 heavy (non-hydrogen) atoms. The molecule has 178 valence electrons. The Labute approximate surface area is 206 Å². The Bertz CT molecular complexity index is 1180. The van der Waals surface area contributed by atoms with Gasteiger partial charge in [-0.2, -0.15) is 11.8 Å². The lowest BCUT2D eigenvalue weighted by Crippen LogP contribution is -2.70. The number of nitrogens with two attached hydrogens (primary N) is 1. The molecule has 2 saturated heterocycles. The topological polar surface area (TPSA) is 160 Å². The van der Waals surface area contributed by atoms with Gasteiger partial charge in [0.15, 0.2) is 15.0 Å². The van der Waals surface area contributed by atoms with Gasteiger partial charge in [-0.15, -0.1) is 23.1 Å². The highest BCUT2D eigenvalue weighted by Crippen LogP contribution is 2.42. The van der Waals surface area contributed by atoms with Gasteiger partial charge in [0.1, 0.15) is 17.1 Å². The van der Waals surface area contributed by atoms with Gasteiger partial charge < -0.3 is 16.2 Å². The van der Waals surface area contributed by atoms with E-state index in [0.717, 1.165) is 16.9 Å². The molecule has 1 aromatic rings. The summed E-state index contributed by atoms with van der Waals surface area (Å²) < 4.78 is 23.3. The van der Waals surface area contributed by atoms with E-state index in [1.807, 2.05) is 0 Å². The van der Waals surface area contributed by atoms with Crippen LogP contribution in [0.5, 0.6) is 0 Å². The van der Waals surface area contributed by atoms with Crippen molar-refractivity contribution < 1.29 is 27.9 Å². The summed E-state index contributed by atoms with van der Waals surface area (Å²) in [5, 5.41) is 13.6. The molecule has 4 N–H and O–H groups in total. The summed E-state index contributed by atoms with van der Waals surface area (Å²) in [6, 6.07) is -0.909. The van der Waals surface area contributed by atoms with Crippen LogP contribution in [0.4, 0.5) is 5.13 Å². The highest BCUT2D eigenvalue weighted by molar-refractivity contribution is 8.02. The van der Waals surface area contributed by atoms with Gasteiger partial charge in [0.05, 0.1) is 22.8 Å². The van der Waals surface area contributed by atoms with Crippen molar-refractivity contribution in [2.75, 3.05) is 28.7 Å². The second-order valence-corrected chi connectivity index (χ2v) is 13.3. The molecule has 0 aliphatic carbocycles. The smallest absolute Gasteiger partial charge is 0.352 e. The first kappa shape index (κ1) is 24.4. The van der Waals surface area contributed by atoms with E-state index in [1.165, 1.54) is 28.4 Å². The number of aromatic nitrogens is 1. The van der Waals surface area contributed by atoms with Gasteiger partial charge in [-0.05, 0) is 12.0 Å². The maximum absolute atomic E-state index is 12.8. The number of anilines is 1. The second-order valence-electron chi connectivity index (χ2n) is 7.55. The van der Waals surface area contributed by atoms with Crippen LogP contribution in [0.3, 0.4) is 0 Å². The number of fused-ring (bicyclic) bond motifs is 1. The summed E-state index contributed by atoms with van der Waals surface area (Å²) in [6.45, 7) is 0. The molecular weight excluding hydrogens is 532 g/mol. The molecule has 2 fully saturated rings. The summed E-state index contributed by atoms with van der Waals surface area (Å²) in [6.07, 6.45) is 0.538. The first-order chi connectivity index (χ1) is 15.6. The Kier molecular flexibility index (Phi) is 7.01. The van der Waals surface area contributed by atoms with E-state index in [-0.39, 0.29) is 38.9 Å². The van der Waals surface area contributed by atoms with Crippen LogP contribution in [-0.2, 0) is 24.2 Å². The third-order valence-corrected chi connectivity index (χ3v) is 11.0. The average Bonchev–Trinajstić information content (AvgIpc) is 3.34. The summed E-state index contributed by atoms with van der Waals surface area (Å²) in [7, 11) is -3.03. The van der Waals surface area contributed by atoms with E-state index >= 15 is 0 Å². The fourth-order valence-electron chi connectivity index (χ4n) is 3.76. The van der Waals surface area contributed by atoms with Gasteiger partial charge in [0.2, 0.25) is 0 Å². The number of carboxylic acids is 1. The van der Waals surface area contributed by atoms with Crippen LogP contribution < -0.4 is 11.1 Å². The number of halogens is 1. The molecule has 0 aromatic carbocycles. The number of hydrogen-bond donors (Lipinski definition) is 3. The van der Waals surface area contributed by atoms with Crippen LogP contribution in [-0.4, -0.2) is 80.9 Å². The van der Waals surface area contributed by atoms with Crippen molar-refractivity contribution in [3.05, 3.63) is 27.9 Å².